The summed E-state index contributed by atoms with van der Waals surface area (Å²) in [5, 5.41) is 8.61. The molecule has 1 aliphatic heterocycles. The summed E-state index contributed by atoms with van der Waals surface area (Å²) in [5.74, 6) is -0.977. The minimum Gasteiger partial charge on any atom is -0.352 e. The summed E-state index contributed by atoms with van der Waals surface area (Å²) < 4.78 is 27.7. The summed E-state index contributed by atoms with van der Waals surface area (Å²) in [5.41, 5.74) is 2.21. The largest absolute Gasteiger partial charge is 0.352 e. The van der Waals surface area contributed by atoms with Gasteiger partial charge in [-0.15, -0.1) is 10.2 Å². The molecule has 0 saturated carbocycles. The second-order valence-corrected chi connectivity index (χ2v) is 9.65. The fraction of sp³-hybridized carbons (Fsp3) is 0.226. The zero-order valence-corrected chi connectivity index (χ0v) is 22.1. The van der Waals surface area contributed by atoms with Gasteiger partial charge in [-0.1, -0.05) is 42.5 Å². The van der Waals surface area contributed by atoms with Gasteiger partial charge in [0.15, 0.2) is 5.82 Å². The van der Waals surface area contributed by atoms with Crippen LogP contribution < -0.4 is 4.90 Å². The number of hydrogen-bond donors (Lipinski definition) is 0. The van der Waals surface area contributed by atoms with Crippen molar-refractivity contribution in [3.63, 3.8) is 0 Å². The molecule has 1 saturated heterocycles. The Morgan fingerprint density at radius 3 is 2.15 bits per heavy atom. The van der Waals surface area contributed by atoms with Gasteiger partial charge < -0.3 is 14.7 Å². The van der Waals surface area contributed by atoms with Crippen molar-refractivity contribution < 1.29 is 18.4 Å². The Morgan fingerprint density at radius 2 is 1.50 bits per heavy atom. The van der Waals surface area contributed by atoms with Crippen LogP contribution in [0.2, 0.25) is 0 Å². The number of piperazine rings is 1. The van der Waals surface area contributed by atoms with E-state index in [-0.39, 0.29) is 23.8 Å². The predicted molar refractivity (Wildman–Crippen MR) is 149 cm³/mol. The lowest BCUT2D eigenvalue weighted by molar-refractivity contribution is -0.132. The van der Waals surface area contributed by atoms with Crippen LogP contribution >= 0.6 is 0 Å². The average molecular weight is 542 g/mol. The maximum atomic E-state index is 14.5. The highest BCUT2D eigenvalue weighted by atomic mass is 19.1. The first-order valence-corrected chi connectivity index (χ1v) is 13.1. The van der Waals surface area contributed by atoms with Crippen LogP contribution in [0.15, 0.2) is 91.0 Å². The quantitative estimate of drug-likeness (QED) is 0.330. The first kappa shape index (κ1) is 26.9. The summed E-state index contributed by atoms with van der Waals surface area (Å²) in [6.07, 6.45) is 0. The average Bonchev–Trinajstić information content (AvgIpc) is 3.00. The van der Waals surface area contributed by atoms with Crippen molar-refractivity contribution in [2.24, 2.45) is 0 Å². The van der Waals surface area contributed by atoms with E-state index in [4.69, 9.17) is 0 Å². The number of benzene rings is 3. The van der Waals surface area contributed by atoms with E-state index >= 15 is 0 Å². The molecule has 9 heteroatoms. The molecule has 40 heavy (non-hydrogen) atoms. The zero-order chi connectivity index (χ0) is 28.1. The Hall–Kier alpha value is -4.66. The second-order valence-electron chi connectivity index (χ2n) is 9.65. The molecule has 3 aromatic carbocycles. The molecule has 2 heterocycles. The summed E-state index contributed by atoms with van der Waals surface area (Å²) in [6.45, 7) is 3.66. The van der Waals surface area contributed by atoms with Gasteiger partial charge in [-0.2, -0.15) is 0 Å². The Kier molecular flexibility index (Phi) is 8.10. The molecule has 0 N–H and O–H groups in total. The number of hydrogen-bond acceptors (Lipinski definition) is 5. The van der Waals surface area contributed by atoms with Gasteiger partial charge in [-0.3, -0.25) is 9.59 Å². The number of anilines is 1. The lowest BCUT2D eigenvalue weighted by Crippen LogP contribution is -2.52. The molecule has 4 aromatic rings. The van der Waals surface area contributed by atoms with E-state index in [9.17, 15) is 18.4 Å². The molecule has 1 aromatic heterocycles. The van der Waals surface area contributed by atoms with Gasteiger partial charge in [0.05, 0.1) is 17.3 Å². The smallest absolute Gasteiger partial charge is 0.257 e. The van der Waals surface area contributed by atoms with E-state index in [1.54, 1.807) is 23.1 Å². The summed E-state index contributed by atoms with van der Waals surface area (Å²) in [4.78, 5) is 32.0. The van der Waals surface area contributed by atoms with Gasteiger partial charge in [-0.05, 0) is 61.0 Å². The number of nitrogens with zero attached hydrogens (tertiary/aromatic N) is 5. The molecule has 204 valence electrons. The van der Waals surface area contributed by atoms with Crippen LogP contribution in [0.25, 0.3) is 11.3 Å². The molecule has 7 nitrogen and oxygen atoms in total. The lowest BCUT2D eigenvalue weighted by atomic mass is 10.0. The SMILES string of the molecule is C[C@@H](c1ccccc1)N(CC(=O)N1CCN(c2ccc(-c3ccc(F)cc3)nn2)CC1)C(=O)c1ccccc1F. The van der Waals surface area contributed by atoms with Crippen molar-refractivity contribution >= 4 is 17.6 Å². The number of amides is 2. The van der Waals surface area contributed by atoms with Crippen molar-refractivity contribution in [2.45, 2.75) is 13.0 Å². The normalized spacial score (nSPS) is 14.1. The highest BCUT2D eigenvalue weighted by Crippen LogP contribution is 2.24. The van der Waals surface area contributed by atoms with Gasteiger partial charge in [0.25, 0.3) is 5.91 Å². The molecule has 0 spiro atoms. The number of carbonyl (C=O) groups is 2. The van der Waals surface area contributed by atoms with Crippen LogP contribution in [0.5, 0.6) is 0 Å². The molecular formula is C31H29F2N5O2. The predicted octanol–water partition coefficient (Wildman–Crippen LogP) is 4.97. The van der Waals surface area contributed by atoms with Crippen molar-refractivity contribution in [1.29, 1.82) is 0 Å². The van der Waals surface area contributed by atoms with Crippen LogP contribution in [0.4, 0.5) is 14.6 Å². The second kappa shape index (κ2) is 12.0. The lowest BCUT2D eigenvalue weighted by Gasteiger charge is -2.37. The van der Waals surface area contributed by atoms with Crippen molar-refractivity contribution in [3.8, 4) is 11.3 Å². The van der Waals surface area contributed by atoms with Gasteiger partial charge >= 0.3 is 0 Å². The Balaban J connectivity index is 1.25. The number of aromatic nitrogens is 2. The molecule has 1 aliphatic rings. The molecular weight excluding hydrogens is 512 g/mol. The van der Waals surface area contributed by atoms with E-state index in [2.05, 4.69) is 10.2 Å². The number of carbonyl (C=O) groups excluding carboxylic acids is 2. The molecule has 1 fully saturated rings. The van der Waals surface area contributed by atoms with Gasteiger partial charge in [0.1, 0.15) is 18.2 Å². The van der Waals surface area contributed by atoms with Crippen LogP contribution in [0.1, 0.15) is 28.9 Å². The molecule has 0 bridgehead atoms. The maximum Gasteiger partial charge on any atom is 0.257 e. The van der Waals surface area contributed by atoms with E-state index in [0.717, 1.165) is 11.1 Å². The van der Waals surface area contributed by atoms with Crippen molar-refractivity contribution in [1.82, 2.24) is 20.0 Å². The summed E-state index contributed by atoms with van der Waals surface area (Å²) in [7, 11) is 0. The molecule has 0 aliphatic carbocycles. The van der Waals surface area contributed by atoms with E-state index in [0.29, 0.717) is 37.7 Å². The van der Waals surface area contributed by atoms with E-state index < -0.39 is 17.8 Å². The number of rotatable bonds is 7. The maximum absolute atomic E-state index is 14.5. The topological polar surface area (TPSA) is 69.6 Å². The van der Waals surface area contributed by atoms with Crippen LogP contribution in [0, 0.1) is 11.6 Å². The minimum atomic E-state index is -0.620. The highest BCUT2D eigenvalue weighted by Gasteiger charge is 2.30. The minimum absolute atomic E-state index is 0.0643. The third kappa shape index (κ3) is 5.98. The van der Waals surface area contributed by atoms with Crippen molar-refractivity contribution in [3.05, 3.63) is 114 Å². The number of halogens is 2. The third-order valence-electron chi connectivity index (χ3n) is 7.17. The van der Waals surface area contributed by atoms with Gasteiger partial charge in [-0.25, -0.2) is 8.78 Å². The highest BCUT2D eigenvalue weighted by molar-refractivity contribution is 5.97. The van der Waals surface area contributed by atoms with Crippen molar-refractivity contribution in [2.75, 3.05) is 37.6 Å². The molecule has 5 rings (SSSR count). The zero-order valence-electron chi connectivity index (χ0n) is 22.1. The molecule has 2 amide bonds. The van der Waals surface area contributed by atoms with Gasteiger partial charge in [0.2, 0.25) is 5.91 Å². The fourth-order valence-corrected chi connectivity index (χ4v) is 4.78. The summed E-state index contributed by atoms with van der Waals surface area (Å²) >= 11 is 0. The van der Waals surface area contributed by atoms with Crippen LogP contribution in [-0.4, -0.2) is 64.5 Å². The Morgan fingerprint density at radius 1 is 0.825 bits per heavy atom. The van der Waals surface area contributed by atoms with Crippen LogP contribution in [0.3, 0.4) is 0 Å². The van der Waals surface area contributed by atoms with E-state index in [1.165, 1.54) is 35.2 Å². The van der Waals surface area contributed by atoms with Gasteiger partial charge in [0, 0.05) is 31.7 Å². The monoisotopic (exact) mass is 541 g/mol. The first-order valence-electron chi connectivity index (χ1n) is 13.1. The molecule has 1 atom stereocenters. The summed E-state index contributed by atoms with van der Waals surface area (Å²) in [6, 6.07) is 24.5. The molecule has 0 radical (unpaired) electrons. The first-order chi connectivity index (χ1) is 19.4. The van der Waals surface area contributed by atoms with E-state index in [1.807, 2.05) is 54.3 Å². The standard InChI is InChI=1S/C31H29F2N5O2/c1-22(23-7-3-2-4-8-23)38(31(40)26-9-5-6-10-27(26)33)21-30(39)37-19-17-36(18-20-37)29-16-15-28(34-35-29)24-11-13-25(32)14-12-24/h2-16,22H,17-21H2,1H3/t22-/m0/s1. The molecule has 0 unspecified atom stereocenters. The van der Waals surface area contributed by atoms with Crippen LogP contribution in [-0.2, 0) is 4.79 Å². The Bertz CT molecular complexity index is 1460. The third-order valence-corrected chi connectivity index (χ3v) is 7.17. The fourth-order valence-electron chi connectivity index (χ4n) is 4.78. The Labute approximate surface area is 231 Å².